The van der Waals surface area contributed by atoms with Gasteiger partial charge in [-0.3, -0.25) is 43.4 Å². The van der Waals surface area contributed by atoms with E-state index in [-0.39, 0.29) is 75.6 Å². The number of carbonyl (C=O) groups is 7. The Kier molecular flexibility index (Phi) is 20.5. The van der Waals surface area contributed by atoms with E-state index >= 15 is 0 Å². The minimum atomic E-state index is -3.29. The molecule has 10 atom stereocenters. The molecule has 0 saturated carbocycles. The van der Waals surface area contributed by atoms with E-state index in [1.54, 1.807) is 48.5 Å². The molecule has 4 aliphatic heterocycles. The van der Waals surface area contributed by atoms with E-state index in [4.69, 9.17) is 64.1 Å². The molecule has 2 fully saturated rings. The first-order chi connectivity index (χ1) is 27.6. The Labute approximate surface area is 375 Å². The van der Waals surface area contributed by atoms with Gasteiger partial charge in [-0.25, -0.2) is 0 Å². The molecule has 61 heavy (non-hydrogen) atoms. The normalized spacial score (nSPS) is 27.7. The fourth-order valence-corrected chi connectivity index (χ4v) is 7.46. The molecule has 0 bridgehead atoms. The average molecular weight is 1040 g/mol. The van der Waals surface area contributed by atoms with Crippen molar-refractivity contribution in [3.05, 3.63) is 70.8 Å². The summed E-state index contributed by atoms with van der Waals surface area (Å²) in [6.07, 6.45) is -2.84. The van der Waals surface area contributed by atoms with Crippen LogP contribution >= 0.6 is 35.7 Å². The van der Waals surface area contributed by atoms with Gasteiger partial charge in [0.2, 0.25) is 6.29 Å². The van der Waals surface area contributed by atoms with Gasteiger partial charge in [-0.2, -0.15) is 0 Å². The van der Waals surface area contributed by atoms with E-state index in [1.807, 2.05) is 27.7 Å². The van der Waals surface area contributed by atoms with Crippen molar-refractivity contribution in [1.82, 2.24) is 9.80 Å². The number of methoxy groups -OCH3 is 1. The standard InChI is InChI=1S/C20H23NO7.C19H23NO6.2CH4.4ClH.Sn/c1-10-11(2)17(20(27-13(4)23)28-16(10)9-26-12(3)22)21-18(24)14-7-5-6-8-15(14)19(21)25;1-10-11(2)16(19(24-4)26-15(10)9-25-12(3)21)20-17(22)13-7-5-6-8-14(13)18(20)23;;;;;;;/h5-8,10-11,16-17,20H,9H2,1-4H3;5-8,10-11,15-16,19H,9H2,1-4H3;2*1H4;4*1H;/q;;;;;;;;+4/p-4. The predicted molar refractivity (Wildman–Crippen MR) is 230 cm³/mol. The SMILES string of the molecule is C.C.CC(=O)OCC1OC(OC(C)=O)C(N2C(=O)c3ccccc3C2=O)C(C)C1C.COC1OC(COC(C)=O)C(C)C(C)C1N1C(=O)c2ccccc2C1=O.[Cl][Sn]([Cl])([Cl])[Cl]. The molecule has 15 nitrogen and oxygen atoms in total. The number of ether oxygens (including phenoxy) is 6. The van der Waals surface area contributed by atoms with Crippen LogP contribution < -0.4 is 0 Å². The molecular formula is C41H54Cl4N2O13Sn. The predicted octanol–water partition coefficient (Wildman–Crippen LogP) is 7.28. The van der Waals surface area contributed by atoms with Crippen LogP contribution in [0.3, 0.4) is 0 Å². The molecule has 2 aromatic carbocycles. The van der Waals surface area contributed by atoms with Gasteiger partial charge in [0, 0.05) is 27.9 Å². The first kappa shape index (κ1) is 54.1. The summed E-state index contributed by atoms with van der Waals surface area (Å²) in [7, 11) is 21.6. The summed E-state index contributed by atoms with van der Waals surface area (Å²) in [6, 6.07) is 12.0. The van der Waals surface area contributed by atoms with Crippen LogP contribution in [0.25, 0.3) is 0 Å². The molecule has 20 heteroatoms. The van der Waals surface area contributed by atoms with Crippen LogP contribution in [0.5, 0.6) is 0 Å². The number of imide groups is 2. The molecule has 0 aromatic heterocycles. The second kappa shape index (κ2) is 23.1. The van der Waals surface area contributed by atoms with E-state index in [0.717, 1.165) is 4.90 Å². The molecule has 4 amide bonds. The third kappa shape index (κ3) is 13.0. The summed E-state index contributed by atoms with van der Waals surface area (Å²) in [4.78, 5) is 87.8. The van der Waals surface area contributed by atoms with Crippen LogP contribution in [0.1, 0.15) is 105 Å². The van der Waals surface area contributed by atoms with Crippen LogP contribution in [0.15, 0.2) is 48.5 Å². The number of amides is 4. The van der Waals surface area contributed by atoms with Crippen LogP contribution in [-0.4, -0.2) is 122 Å². The maximum absolute atomic E-state index is 12.9. The summed E-state index contributed by atoms with van der Waals surface area (Å²) >= 11 is -3.29. The third-order valence-electron chi connectivity index (χ3n) is 10.7. The fraction of sp³-hybridized carbons (Fsp3) is 0.537. The van der Waals surface area contributed by atoms with Crippen LogP contribution in [0.2, 0.25) is 0 Å². The zero-order valence-corrected chi connectivity index (χ0v) is 39.4. The number of esters is 3. The molecule has 4 aliphatic rings. The number of fused-ring (bicyclic) bond motifs is 2. The number of nitrogens with zero attached hydrogens (tertiary/aromatic N) is 2. The molecule has 0 spiro atoms. The molecular weight excluding hydrogens is 989 g/mol. The van der Waals surface area contributed by atoms with Gasteiger partial charge in [-0.05, 0) is 47.9 Å². The van der Waals surface area contributed by atoms with Crippen molar-refractivity contribution in [3.8, 4) is 0 Å². The Morgan fingerprint density at radius 2 is 0.869 bits per heavy atom. The molecule has 6 rings (SSSR count). The first-order valence-corrected chi connectivity index (χ1v) is 33.0. The number of benzene rings is 2. The monoisotopic (exact) mass is 1040 g/mol. The number of halogens is 4. The van der Waals surface area contributed by atoms with Crippen LogP contribution in [0, 0.1) is 23.7 Å². The Bertz CT molecular complexity index is 1860. The van der Waals surface area contributed by atoms with Gasteiger partial charge in [-0.1, -0.05) is 66.8 Å². The minimum absolute atomic E-state index is 0. The number of rotatable bonds is 8. The van der Waals surface area contributed by atoms with Crippen molar-refractivity contribution in [2.45, 2.75) is 100 Å². The molecule has 2 aromatic rings. The molecule has 2 saturated heterocycles. The average Bonchev–Trinajstić information content (AvgIpc) is 3.56. The Balaban J connectivity index is 0.000000368. The summed E-state index contributed by atoms with van der Waals surface area (Å²) < 4.78 is 32.7. The molecule has 0 aliphatic carbocycles. The Morgan fingerprint density at radius 1 is 0.574 bits per heavy atom. The number of hydrogen-bond donors (Lipinski definition) is 0. The molecule has 0 radical (unpaired) electrons. The van der Waals surface area contributed by atoms with E-state index in [2.05, 4.69) is 0 Å². The molecule has 0 N–H and O–H groups in total. The van der Waals surface area contributed by atoms with Crippen LogP contribution in [0.4, 0.5) is 0 Å². The summed E-state index contributed by atoms with van der Waals surface area (Å²) in [5.74, 6) is -3.56. The zero-order valence-electron chi connectivity index (χ0n) is 33.5. The summed E-state index contributed by atoms with van der Waals surface area (Å²) in [6.45, 7) is 11.6. The second-order valence-corrected chi connectivity index (χ2v) is 39.9. The third-order valence-corrected chi connectivity index (χ3v) is 10.7. The van der Waals surface area contributed by atoms with Crippen molar-refractivity contribution >= 4 is 91.1 Å². The van der Waals surface area contributed by atoms with Crippen molar-refractivity contribution in [3.63, 3.8) is 0 Å². The fourth-order valence-electron chi connectivity index (χ4n) is 7.46. The van der Waals surface area contributed by atoms with Gasteiger partial charge in [-0.15, -0.1) is 0 Å². The van der Waals surface area contributed by atoms with Crippen molar-refractivity contribution < 1.29 is 62.0 Å². The topological polar surface area (TPSA) is 181 Å². The van der Waals surface area contributed by atoms with Gasteiger partial charge in [0.05, 0.1) is 40.5 Å². The zero-order chi connectivity index (χ0) is 44.1. The number of carbonyl (C=O) groups excluding carboxylic acids is 7. The van der Waals surface area contributed by atoms with E-state index in [9.17, 15) is 33.6 Å². The van der Waals surface area contributed by atoms with Crippen LogP contribution in [-0.2, 0) is 42.8 Å². The van der Waals surface area contributed by atoms with Gasteiger partial charge >= 0.3 is 67.5 Å². The first-order valence-electron chi connectivity index (χ1n) is 18.6. The van der Waals surface area contributed by atoms with Crippen molar-refractivity contribution in [2.24, 2.45) is 23.7 Å². The Morgan fingerprint density at radius 3 is 1.15 bits per heavy atom. The molecule has 10 unspecified atom stereocenters. The van der Waals surface area contributed by atoms with Gasteiger partial charge in [0.25, 0.3) is 23.6 Å². The van der Waals surface area contributed by atoms with E-state index < -0.39 is 68.4 Å². The van der Waals surface area contributed by atoms with Gasteiger partial charge < -0.3 is 28.4 Å². The molecule has 338 valence electrons. The van der Waals surface area contributed by atoms with Gasteiger partial charge in [0.1, 0.15) is 19.3 Å². The van der Waals surface area contributed by atoms with Crippen molar-refractivity contribution in [2.75, 3.05) is 20.3 Å². The van der Waals surface area contributed by atoms with Gasteiger partial charge in [0.15, 0.2) is 6.29 Å². The summed E-state index contributed by atoms with van der Waals surface area (Å²) in [5.41, 5.74) is 1.43. The maximum atomic E-state index is 12.9. The summed E-state index contributed by atoms with van der Waals surface area (Å²) in [5, 5.41) is 0. The Hall–Kier alpha value is -3.03. The van der Waals surface area contributed by atoms with Crippen molar-refractivity contribution in [1.29, 1.82) is 0 Å². The quantitative estimate of drug-likeness (QED) is 0.112. The van der Waals surface area contributed by atoms with E-state index in [0.29, 0.717) is 22.3 Å². The molecule has 4 heterocycles. The number of hydrogen-bond acceptors (Lipinski definition) is 13. The second-order valence-electron chi connectivity index (χ2n) is 14.4. The van der Waals surface area contributed by atoms with E-state index in [1.165, 1.54) is 32.8 Å².